The average Bonchev–Trinajstić information content (AvgIpc) is 3.24. The monoisotopic (exact) mass is 432 g/mol. The van der Waals surface area contributed by atoms with E-state index in [4.69, 9.17) is 17.3 Å². The van der Waals surface area contributed by atoms with Gasteiger partial charge in [-0.3, -0.25) is 4.99 Å². The number of hydrogen-bond donors (Lipinski definition) is 4. The maximum absolute atomic E-state index is 11.0. The Labute approximate surface area is 178 Å². The summed E-state index contributed by atoms with van der Waals surface area (Å²) in [7, 11) is 1.68. The third-order valence-corrected chi connectivity index (χ3v) is 6.16. The van der Waals surface area contributed by atoms with Crippen molar-refractivity contribution in [3.05, 3.63) is 88.1 Å². The van der Waals surface area contributed by atoms with E-state index in [0.717, 1.165) is 21.6 Å². The first-order chi connectivity index (χ1) is 13.6. The van der Waals surface area contributed by atoms with Crippen molar-refractivity contribution in [1.29, 1.82) is 0 Å². The van der Waals surface area contributed by atoms with Gasteiger partial charge in [0.25, 0.3) is 0 Å². The fourth-order valence-corrected chi connectivity index (χ4v) is 4.32. The van der Waals surface area contributed by atoms with Crippen molar-refractivity contribution >= 4 is 41.0 Å². The lowest BCUT2D eigenvalue weighted by molar-refractivity contribution is 0.220. The molecule has 2 atom stereocenters. The molecule has 0 aromatic heterocycles. The van der Waals surface area contributed by atoms with Gasteiger partial charge in [-0.2, -0.15) is 0 Å². The van der Waals surface area contributed by atoms with E-state index in [1.807, 2.05) is 41.9 Å². The van der Waals surface area contributed by atoms with Crippen LogP contribution in [0.5, 0.6) is 0 Å². The molecule has 0 spiro atoms. The summed E-state index contributed by atoms with van der Waals surface area (Å²) in [5.74, 6) is 0. The molecule has 0 fully saturated rings. The van der Waals surface area contributed by atoms with Crippen molar-refractivity contribution in [3.8, 4) is 0 Å². The van der Waals surface area contributed by atoms with Crippen LogP contribution in [0.3, 0.4) is 0 Å². The Morgan fingerprint density at radius 3 is 2.79 bits per heavy atom. The van der Waals surface area contributed by atoms with E-state index < -0.39 is 6.10 Å². The number of allylic oxidation sites excluding steroid dienone is 1. The highest BCUT2D eigenvalue weighted by atomic mass is 35.5. The number of aliphatic hydroxyl groups is 1. The lowest BCUT2D eigenvalue weighted by Crippen LogP contribution is -2.28. The average molecular weight is 433 g/mol. The van der Waals surface area contributed by atoms with Crippen molar-refractivity contribution in [3.63, 3.8) is 0 Å². The zero-order chi connectivity index (χ0) is 19.9. The van der Waals surface area contributed by atoms with Crippen molar-refractivity contribution in [1.82, 2.24) is 10.0 Å². The van der Waals surface area contributed by atoms with Crippen molar-refractivity contribution in [2.45, 2.75) is 16.5 Å². The molecule has 5 nitrogen and oxygen atoms in total. The van der Waals surface area contributed by atoms with Gasteiger partial charge < -0.3 is 16.2 Å². The van der Waals surface area contributed by atoms with Crippen LogP contribution in [0, 0.1) is 0 Å². The number of thioether (sulfide) groups is 1. The number of aliphatic hydroxyl groups excluding tert-OH is 1. The molecule has 0 aliphatic carbocycles. The van der Waals surface area contributed by atoms with Gasteiger partial charge in [-0.25, -0.2) is 4.72 Å². The van der Waals surface area contributed by atoms with Crippen LogP contribution in [0.1, 0.15) is 22.8 Å². The molecular weight excluding hydrogens is 412 g/mol. The van der Waals surface area contributed by atoms with E-state index >= 15 is 0 Å². The molecular formula is C20H21ClN4OS2. The second kappa shape index (κ2) is 10.0. The summed E-state index contributed by atoms with van der Waals surface area (Å²) >= 11 is 9.38. The van der Waals surface area contributed by atoms with Gasteiger partial charge in [-0.1, -0.05) is 41.6 Å². The molecule has 2 aromatic rings. The zero-order valence-electron chi connectivity index (χ0n) is 15.2. The molecule has 0 radical (unpaired) electrons. The molecule has 2 unspecified atom stereocenters. The third-order valence-electron chi connectivity index (χ3n) is 4.09. The molecule has 3 rings (SSSR count). The summed E-state index contributed by atoms with van der Waals surface area (Å²) in [6.07, 6.45) is 4.22. The van der Waals surface area contributed by atoms with Crippen LogP contribution in [-0.2, 0) is 0 Å². The van der Waals surface area contributed by atoms with Crippen LogP contribution >= 0.6 is 35.3 Å². The minimum absolute atomic E-state index is 0.161. The molecule has 2 aromatic carbocycles. The Kier molecular flexibility index (Phi) is 7.47. The van der Waals surface area contributed by atoms with Crippen molar-refractivity contribution < 1.29 is 5.11 Å². The molecule has 8 heteroatoms. The summed E-state index contributed by atoms with van der Waals surface area (Å²) in [5.41, 5.74) is 8.61. The van der Waals surface area contributed by atoms with Gasteiger partial charge in [-0.05, 0) is 65.0 Å². The molecule has 0 saturated carbocycles. The number of aliphatic imine (C=N–C) groups is 1. The second-order valence-corrected chi connectivity index (χ2v) is 8.24. The molecule has 0 bridgehead atoms. The quantitative estimate of drug-likeness (QED) is 0.391. The number of halogens is 1. The number of nitrogens with two attached hydrogens (primary N) is 1. The van der Waals surface area contributed by atoms with E-state index in [1.165, 1.54) is 18.1 Å². The van der Waals surface area contributed by atoms with E-state index in [-0.39, 0.29) is 5.50 Å². The number of rotatable bonds is 7. The van der Waals surface area contributed by atoms with E-state index in [0.29, 0.717) is 10.7 Å². The Balaban J connectivity index is 1.78. The molecule has 146 valence electrons. The smallest absolute Gasteiger partial charge is 0.138 e. The summed E-state index contributed by atoms with van der Waals surface area (Å²) in [6, 6.07) is 13.2. The maximum atomic E-state index is 11.0. The van der Waals surface area contributed by atoms with Gasteiger partial charge in [0.2, 0.25) is 0 Å². The zero-order valence-corrected chi connectivity index (χ0v) is 17.6. The van der Waals surface area contributed by atoms with Gasteiger partial charge in [0.15, 0.2) is 0 Å². The number of hydrogen-bond acceptors (Lipinski definition) is 7. The van der Waals surface area contributed by atoms with E-state index in [2.05, 4.69) is 15.0 Å². The van der Waals surface area contributed by atoms with Crippen LogP contribution in [0.25, 0.3) is 0 Å². The van der Waals surface area contributed by atoms with Crippen LogP contribution in [-0.4, -0.2) is 23.4 Å². The lowest BCUT2D eigenvalue weighted by atomic mass is 9.94. The second-order valence-electron chi connectivity index (χ2n) is 5.88. The molecule has 0 amide bonds. The largest absolute Gasteiger partial charge is 0.405 e. The third kappa shape index (κ3) is 5.12. The molecule has 28 heavy (non-hydrogen) atoms. The first-order valence-corrected chi connectivity index (χ1v) is 10.7. The van der Waals surface area contributed by atoms with Gasteiger partial charge in [0.05, 0.1) is 5.71 Å². The summed E-state index contributed by atoms with van der Waals surface area (Å²) in [6.45, 7) is 0. The minimum atomic E-state index is -0.807. The topological polar surface area (TPSA) is 82.7 Å². The van der Waals surface area contributed by atoms with Gasteiger partial charge in [0.1, 0.15) is 11.6 Å². The molecule has 1 aliphatic rings. The summed E-state index contributed by atoms with van der Waals surface area (Å²) in [4.78, 5) is 5.32. The lowest BCUT2D eigenvalue weighted by Gasteiger charge is -2.17. The Bertz CT molecular complexity index is 892. The number of nitrogens with zero attached hydrogens (tertiary/aromatic N) is 1. The first-order valence-electron chi connectivity index (χ1n) is 8.54. The molecule has 1 heterocycles. The highest BCUT2D eigenvalue weighted by Gasteiger charge is 2.17. The minimum Gasteiger partial charge on any atom is -0.405 e. The van der Waals surface area contributed by atoms with Crippen LogP contribution in [0.4, 0.5) is 0 Å². The predicted octanol–water partition coefficient (Wildman–Crippen LogP) is 4.00. The number of nitrogens with one attached hydrogen (secondary N) is 2. The van der Waals surface area contributed by atoms with Gasteiger partial charge in [-0.15, -0.1) is 0 Å². The summed E-state index contributed by atoms with van der Waals surface area (Å²) in [5, 5.41) is 16.7. The Morgan fingerprint density at radius 2 is 2.14 bits per heavy atom. The van der Waals surface area contributed by atoms with Crippen LogP contribution in [0.15, 0.2) is 76.2 Å². The van der Waals surface area contributed by atoms with Crippen molar-refractivity contribution in [2.75, 3.05) is 7.05 Å². The van der Waals surface area contributed by atoms with E-state index in [9.17, 15) is 5.11 Å². The number of benzene rings is 2. The fourth-order valence-electron chi connectivity index (χ4n) is 2.73. The SMILES string of the molecule is CN=C(C=CN)c1cc(Cl)ccc1C(O)c1ccc(SNC2NC=CS2)cc1. The summed E-state index contributed by atoms with van der Waals surface area (Å²) < 4.78 is 3.32. The Morgan fingerprint density at radius 1 is 1.36 bits per heavy atom. The molecule has 5 N–H and O–H groups in total. The van der Waals surface area contributed by atoms with Crippen molar-refractivity contribution in [2.24, 2.45) is 10.7 Å². The molecule has 1 aliphatic heterocycles. The van der Waals surface area contributed by atoms with Crippen LogP contribution in [0.2, 0.25) is 5.02 Å². The van der Waals surface area contributed by atoms with Crippen LogP contribution < -0.4 is 15.8 Å². The maximum Gasteiger partial charge on any atom is 0.138 e. The Hall–Kier alpha value is -1.90. The highest BCUT2D eigenvalue weighted by molar-refractivity contribution is 8.04. The van der Waals surface area contributed by atoms with Gasteiger partial charge in [0, 0.05) is 28.7 Å². The van der Waals surface area contributed by atoms with Gasteiger partial charge >= 0.3 is 0 Å². The fraction of sp³-hybridized carbons (Fsp3) is 0.150. The first kappa shape index (κ1) is 20.8. The highest BCUT2D eigenvalue weighted by Crippen LogP contribution is 2.29. The molecule has 0 saturated heterocycles. The van der Waals surface area contributed by atoms with E-state index in [1.54, 1.807) is 37.0 Å². The standard InChI is InChI=1S/C20H21ClN4OS2/c1-23-18(8-9-22)17-12-14(21)4-7-16(17)19(26)13-2-5-15(6-3-13)28-25-20-24-10-11-27-20/h2-12,19-20,24-26H,22H2,1H3. The normalized spacial score (nSPS) is 17.8. The predicted molar refractivity (Wildman–Crippen MR) is 120 cm³/mol.